The van der Waals surface area contributed by atoms with E-state index in [4.69, 9.17) is 0 Å². The van der Waals surface area contributed by atoms with Gasteiger partial charge < -0.3 is 16.0 Å². The first-order valence-electron chi connectivity index (χ1n) is 8.01. The van der Waals surface area contributed by atoms with Gasteiger partial charge in [-0.2, -0.15) is 0 Å². The van der Waals surface area contributed by atoms with Crippen LogP contribution in [0.2, 0.25) is 0 Å². The van der Waals surface area contributed by atoms with Gasteiger partial charge in [0.05, 0.1) is 0 Å². The van der Waals surface area contributed by atoms with E-state index in [-0.39, 0.29) is 12.5 Å². The van der Waals surface area contributed by atoms with Crippen molar-refractivity contribution in [1.82, 2.24) is 16.0 Å². The van der Waals surface area contributed by atoms with Crippen LogP contribution in [0.1, 0.15) is 32.8 Å². The number of amides is 1. The summed E-state index contributed by atoms with van der Waals surface area (Å²) in [4.78, 5) is 16.1. The molecule has 1 atom stereocenters. The molecule has 122 valence electrons. The maximum atomic E-state index is 11.8. The van der Waals surface area contributed by atoms with E-state index in [1.54, 1.807) is 0 Å². The van der Waals surface area contributed by atoms with E-state index in [0.29, 0.717) is 18.5 Å². The first kappa shape index (κ1) is 18.0. The highest BCUT2D eigenvalue weighted by Gasteiger charge is 2.04. The highest BCUT2D eigenvalue weighted by atomic mass is 16.1. The highest BCUT2D eigenvalue weighted by molar-refractivity contribution is 5.85. The number of carbonyl (C=O) groups is 1. The average Bonchev–Trinajstić information content (AvgIpc) is 2.53. The number of hydrogen-bond acceptors (Lipinski definition) is 2. The molecule has 5 heteroatoms. The number of hydrogen-bond donors (Lipinski definition) is 3. The zero-order chi connectivity index (χ0) is 16.2. The summed E-state index contributed by atoms with van der Waals surface area (Å²) < 4.78 is 0. The Kier molecular flexibility index (Phi) is 8.72. The van der Waals surface area contributed by atoms with Gasteiger partial charge in [0.1, 0.15) is 6.54 Å². The average molecular weight is 304 g/mol. The van der Waals surface area contributed by atoms with Gasteiger partial charge in [-0.3, -0.25) is 4.79 Å². The number of nitrogens with one attached hydrogen (secondary N) is 3. The Hall–Kier alpha value is -2.04. The van der Waals surface area contributed by atoms with Crippen LogP contribution in [-0.2, 0) is 11.2 Å². The second-order valence-corrected chi connectivity index (χ2v) is 5.23. The van der Waals surface area contributed by atoms with Crippen molar-refractivity contribution >= 4 is 11.9 Å². The molecule has 0 aliphatic carbocycles. The molecule has 1 aromatic rings. The molecule has 0 aliphatic rings. The largest absolute Gasteiger partial charge is 0.357 e. The lowest BCUT2D eigenvalue weighted by atomic mass is 10.1. The van der Waals surface area contributed by atoms with Gasteiger partial charge in [0.2, 0.25) is 5.91 Å². The lowest BCUT2D eigenvalue weighted by Gasteiger charge is -2.16. The van der Waals surface area contributed by atoms with E-state index < -0.39 is 0 Å². The summed E-state index contributed by atoms with van der Waals surface area (Å²) in [5, 5.41) is 9.30. The van der Waals surface area contributed by atoms with Crippen LogP contribution in [0.5, 0.6) is 0 Å². The molecule has 1 aromatic carbocycles. The number of aliphatic imine (C=N–C) groups is 1. The van der Waals surface area contributed by atoms with Gasteiger partial charge in [-0.25, -0.2) is 4.99 Å². The van der Waals surface area contributed by atoms with Crippen LogP contribution < -0.4 is 16.0 Å². The summed E-state index contributed by atoms with van der Waals surface area (Å²) in [5.41, 5.74) is 1.22. The van der Waals surface area contributed by atoms with Crippen LogP contribution in [0.25, 0.3) is 0 Å². The summed E-state index contributed by atoms with van der Waals surface area (Å²) in [6, 6.07) is 10.4. The maximum absolute atomic E-state index is 11.8. The Morgan fingerprint density at radius 2 is 1.91 bits per heavy atom. The molecule has 1 amide bonds. The van der Waals surface area contributed by atoms with Crippen molar-refractivity contribution in [3.05, 3.63) is 35.9 Å². The Balaban J connectivity index is 2.33. The molecule has 0 fully saturated rings. The number of benzene rings is 1. The second kappa shape index (κ2) is 10.7. The highest BCUT2D eigenvalue weighted by Crippen LogP contribution is 1.98. The summed E-state index contributed by atoms with van der Waals surface area (Å²) >= 11 is 0. The van der Waals surface area contributed by atoms with Gasteiger partial charge in [-0.05, 0) is 32.3 Å². The molecule has 3 N–H and O–H groups in total. The molecule has 1 unspecified atom stereocenters. The summed E-state index contributed by atoms with van der Waals surface area (Å²) in [5.74, 6) is 0.632. The van der Waals surface area contributed by atoms with E-state index in [9.17, 15) is 4.79 Å². The second-order valence-electron chi connectivity index (χ2n) is 5.23. The number of carbonyl (C=O) groups excluding carboxylic acids is 1. The molecular formula is C17H28N4O. The molecule has 0 heterocycles. The molecule has 5 nitrogen and oxygen atoms in total. The minimum atomic E-state index is -0.0581. The third-order valence-electron chi connectivity index (χ3n) is 3.30. The van der Waals surface area contributed by atoms with Crippen LogP contribution in [0.3, 0.4) is 0 Å². The quantitative estimate of drug-likeness (QED) is 0.506. The fraction of sp³-hybridized carbons (Fsp3) is 0.529. The Labute approximate surface area is 133 Å². The van der Waals surface area contributed by atoms with Crippen molar-refractivity contribution in [3.63, 3.8) is 0 Å². The van der Waals surface area contributed by atoms with Crippen molar-refractivity contribution in [3.8, 4) is 0 Å². The molecule has 0 saturated carbocycles. The number of guanidine groups is 1. The van der Waals surface area contributed by atoms with E-state index in [1.165, 1.54) is 5.56 Å². The number of nitrogens with zero attached hydrogens (tertiary/aromatic N) is 1. The molecule has 0 spiro atoms. The zero-order valence-electron chi connectivity index (χ0n) is 13.9. The molecule has 0 aromatic heterocycles. The van der Waals surface area contributed by atoms with Crippen LogP contribution in [0, 0.1) is 0 Å². The summed E-state index contributed by atoms with van der Waals surface area (Å²) in [7, 11) is 0. The minimum Gasteiger partial charge on any atom is -0.357 e. The molecule has 0 saturated heterocycles. The SMILES string of the molecule is CCNC(=NCC(=O)NCCc1ccccc1)NC(C)CC. The molecule has 0 radical (unpaired) electrons. The standard InChI is InChI=1S/C17H28N4O/c1-4-14(3)21-17(18-5-2)20-13-16(22)19-12-11-15-9-7-6-8-10-15/h6-10,14H,4-5,11-13H2,1-3H3,(H,19,22)(H2,18,20,21). The maximum Gasteiger partial charge on any atom is 0.241 e. The zero-order valence-corrected chi connectivity index (χ0v) is 13.9. The van der Waals surface area contributed by atoms with Crippen LogP contribution in [0.4, 0.5) is 0 Å². The smallest absolute Gasteiger partial charge is 0.241 e. The van der Waals surface area contributed by atoms with Crippen molar-refractivity contribution in [2.24, 2.45) is 4.99 Å². The number of rotatable bonds is 8. The Morgan fingerprint density at radius 3 is 2.55 bits per heavy atom. The van der Waals surface area contributed by atoms with Gasteiger partial charge in [0.15, 0.2) is 5.96 Å². The Morgan fingerprint density at radius 1 is 1.18 bits per heavy atom. The van der Waals surface area contributed by atoms with E-state index >= 15 is 0 Å². The van der Waals surface area contributed by atoms with Gasteiger partial charge >= 0.3 is 0 Å². The third-order valence-corrected chi connectivity index (χ3v) is 3.30. The van der Waals surface area contributed by atoms with Crippen molar-refractivity contribution < 1.29 is 4.79 Å². The molecule has 0 bridgehead atoms. The summed E-state index contributed by atoms with van der Waals surface area (Å²) in [6.45, 7) is 7.75. The normalized spacial score (nSPS) is 12.6. The third kappa shape index (κ3) is 7.67. The monoisotopic (exact) mass is 304 g/mol. The first-order valence-corrected chi connectivity index (χ1v) is 8.01. The van der Waals surface area contributed by atoms with Gasteiger partial charge in [-0.15, -0.1) is 0 Å². The van der Waals surface area contributed by atoms with Crippen molar-refractivity contribution in [2.75, 3.05) is 19.6 Å². The van der Waals surface area contributed by atoms with Crippen LogP contribution in [-0.4, -0.2) is 37.5 Å². The predicted octanol–water partition coefficient (Wildman–Crippen LogP) is 1.70. The van der Waals surface area contributed by atoms with Crippen LogP contribution in [0.15, 0.2) is 35.3 Å². The van der Waals surface area contributed by atoms with Gasteiger partial charge in [0.25, 0.3) is 0 Å². The lowest BCUT2D eigenvalue weighted by molar-refractivity contribution is -0.119. The fourth-order valence-corrected chi connectivity index (χ4v) is 1.85. The molecule has 0 aliphatic heterocycles. The van der Waals surface area contributed by atoms with Crippen LogP contribution >= 0.6 is 0 Å². The van der Waals surface area contributed by atoms with Crippen molar-refractivity contribution in [1.29, 1.82) is 0 Å². The lowest BCUT2D eigenvalue weighted by Crippen LogP contribution is -2.42. The molecule has 22 heavy (non-hydrogen) atoms. The molecular weight excluding hydrogens is 276 g/mol. The fourth-order valence-electron chi connectivity index (χ4n) is 1.85. The summed E-state index contributed by atoms with van der Waals surface area (Å²) in [6.07, 6.45) is 1.84. The van der Waals surface area contributed by atoms with E-state index in [2.05, 4.69) is 46.9 Å². The van der Waals surface area contributed by atoms with Gasteiger partial charge in [-0.1, -0.05) is 37.3 Å². The van der Waals surface area contributed by atoms with Crippen molar-refractivity contribution in [2.45, 2.75) is 39.7 Å². The predicted molar refractivity (Wildman–Crippen MR) is 92.0 cm³/mol. The first-order chi connectivity index (χ1) is 10.7. The molecule has 1 rings (SSSR count). The minimum absolute atomic E-state index is 0.0581. The van der Waals surface area contributed by atoms with E-state index in [0.717, 1.165) is 19.4 Å². The van der Waals surface area contributed by atoms with Gasteiger partial charge in [0, 0.05) is 19.1 Å². The topological polar surface area (TPSA) is 65.5 Å². The van der Waals surface area contributed by atoms with E-state index in [1.807, 2.05) is 25.1 Å². The Bertz CT molecular complexity index is 459.